The normalized spacial score (nSPS) is 1.20. The van der Waals surface area contributed by atoms with Gasteiger partial charge in [-0.2, -0.15) is 13.8 Å². The number of hydrogen-bond donors (Lipinski definition) is 0. The van der Waals surface area contributed by atoms with Crippen molar-refractivity contribution >= 4 is 0 Å². The van der Waals surface area contributed by atoms with Gasteiger partial charge in [-0.3, -0.25) is 0 Å². The zero-order valence-electron chi connectivity index (χ0n) is 3.99. The molecule has 1 radical (unpaired) electrons. The molecule has 0 aliphatic carbocycles. The van der Waals surface area contributed by atoms with Gasteiger partial charge < -0.3 is 13.8 Å². The molecule has 0 amide bonds. The summed E-state index contributed by atoms with van der Waals surface area (Å²) in [4.78, 5) is 0. The van der Waals surface area contributed by atoms with Gasteiger partial charge in [0.05, 0.1) is 0 Å². The molecule has 0 N–H and O–H groups in total. The molecule has 0 heterocycles. The topological polar surface area (TPSA) is 0 Å². The predicted octanol–water partition coefficient (Wildman–Crippen LogP) is 4.86. The van der Waals surface area contributed by atoms with Crippen molar-refractivity contribution in [3.63, 3.8) is 0 Å². The molecule has 0 aromatic rings. The summed E-state index contributed by atoms with van der Waals surface area (Å²) in [6, 6.07) is 0. The van der Waals surface area contributed by atoms with Crippen molar-refractivity contribution in [3.05, 3.63) is 13.8 Å². The van der Waals surface area contributed by atoms with E-state index in [9.17, 15) is 0 Å². The molecule has 0 saturated carbocycles. The molecule has 0 aliphatic heterocycles. The van der Waals surface area contributed by atoms with Crippen LogP contribution in [0.25, 0.3) is 0 Å². The van der Waals surface area contributed by atoms with Crippen molar-refractivity contribution < 1.29 is 32.7 Å². The van der Waals surface area contributed by atoms with Gasteiger partial charge in [-0.05, 0) is 0 Å². The maximum Gasteiger partial charge on any atom is 0 e. The Kier molecular flexibility index (Phi) is 8090. The smallest absolute Gasteiger partial charge is 0 e. The Hall–Kier alpha value is 1.10. The molecule has 0 fully saturated rings. The van der Waals surface area contributed by atoms with E-state index < -0.39 is 0 Å². The van der Waals surface area contributed by atoms with Gasteiger partial charge in [0.15, 0.2) is 0 Å². The third kappa shape index (κ3) is 491. The largest absolute Gasteiger partial charge is 0.346 e. The summed E-state index contributed by atoms with van der Waals surface area (Å²) in [5, 5.41) is 0. The Morgan fingerprint density at radius 1 is 0.500 bits per heavy atom. The third-order valence-electron chi connectivity index (χ3n) is 0. The summed E-state index contributed by atoms with van der Waals surface area (Å²) in [6.07, 6.45) is 0. The quantitative estimate of drug-likeness (QED) is 0.518. The summed E-state index contributed by atoms with van der Waals surface area (Å²) in [6.45, 7) is 10.0. The first-order valence-electron chi connectivity index (χ1n) is 1.41. The minimum Gasteiger partial charge on any atom is -0.346 e. The van der Waals surface area contributed by atoms with Crippen LogP contribution in [0.1, 0.15) is 51.0 Å². The van der Waals surface area contributed by atoms with Gasteiger partial charge in [-0.25, -0.2) is 0 Å². The average molecular weight is 227 g/mol. The standard InChI is InChI=1S/2C2H5.5CH4.Y/c2*1-2;;;;;;/h2*1H2,2H3;5*1H4;/q2*-1;;;;;;. The fourth-order valence-electron chi connectivity index (χ4n) is 0. The van der Waals surface area contributed by atoms with Crippen molar-refractivity contribution in [2.24, 2.45) is 0 Å². The molecular formula is C9H30Y-2. The number of rotatable bonds is 0. The molecule has 0 saturated heterocycles. The van der Waals surface area contributed by atoms with E-state index in [1.54, 1.807) is 13.8 Å². The molecule has 0 atom stereocenters. The van der Waals surface area contributed by atoms with Crippen molar-refractivity contribution in [2.45, 2.75) is 51.0 Å². The fourth-order valence-corrected chi connectivity index (χ4v) is 0. The maximum atomic E-state index is 3.25. The molecule has 0 bridgehead atoms. The first-order valence-corrected chi connectivity index (χ1v) is 1.41. The van der Waals surface area contributed by atoms with Crippen LogP contribution in [0.5, 0.6) is 0 Å². The molecular weight excluding hydrogens is 197 g/mol. The van der Waals surface area contributed by atoms with Gasteiger partial charge in [0.1, 0.15) is 0 Å². The van der Waals surface area contributed by atoms with Crippen LogP contribution in [-0.2, 0) is 32.7 Å². The van der Waals surface area contributed by atoms with Crippen LogP contribution >= 0.6 is 0 Å². The molecule has 0 spiro atoms. The van der Waals surface area contributed by atoms with Gasteiger partial charge in [-0.15, -0.1) is 0 Å². The molecule has 0 aliphatic rings. The van der Waals surface area contributed by atoms with Crippen molar-refractivity contribution in [2.75, 3.05) is 0 Å². The van der Waals surface area contributed by atoms with E-state index in [4.69, 9.17) is 0 Å². The van der Waals surface area contributed by atoms with Crippen molar-refractivity contribution in [1.82, 2.24) is 0 Å². The van der Waals surface area contributed by atoms with Gasteiger partial charge in [-0.1, -0.05) is 37.1 Å². The van der Waals surface area contributed by atoms with E-state index >= 15 is 0 Å². The zero-order valence-corrected chi connectivity index (χ0v) is 6.83. The second-order valence-corrected chi connectivity index (χ2v) is 0. The second kappa shape index (κ2) is 687. The van der Waals surface area contributed by atoms with Gasteiger partial charge >= 0.3 is 0 Å². The van der Waals surface area contributed by atoms with E-state index in [0.717, 1.165) is 0 Å². The van der Waals surface area contributed by atoms with Crippen LogP contribution in [0.2, 0.25) is 0 Å². The summed E-state index contributed by atoms with van der Waals surface area (Å²) in [7, 11) is 0. The molecule has 1 heteroatoms. The molecule has 0 unspecified atom stereocenters. The van der Waals surface area contributed by atoms with Gasteiger partial charge in [0.25, 0.3) is 0 Å². The Bertz CT molecular complexity index is 4.69. The van der Waals surface area contributed by atoms with Crippen LogP contribution < -0.4 is 0 Å². The third-order valence-corrected chi connectivity index (χ3v) is 0. The van der Waals surface area contributed by atoms with Crippen LogP contribution in [0.15, 0.2) is 0 Å². The molecule has 10 heavy (non-hydrogen) atoms. The zero-order chi connectivity index (χ0) is 4.00. The summed E-state index contributed by atoms with van der Waals surface area (Å²) < 4.78 is 0. The molecule has 0 aromatic heterocycles. The van der Waals surface area contributed by atoms with E-state index in [2.05, 4.69) is 13.8 Å². The van der Waals surface area contributed by atoms with E-state index in [-0.39, 0.29) is 69.8 Å². The van der Waals surface area contributed by atoms with Crippen LogP contribution in [0.3, 0.4) is 0 Å². The maximum absolute atomic E-state index is 3.25. The molecule has 71 valence electrons. The van der Waals surface area contributed by atoms with Crippen LogP contribution in [0, 0.1) is 13.8 Å². The minimum absolute atomic E-state index is 0. The summed E-state index contributed by atoms with van der Waals surface area (Å²) in [5.41, 5.74) is 0. The minimum atomic E-state index is 0. The predicted molar refractivity (Wildman–Crippen MR) is 55.7 cm³/mol. The van der Waals surface area contributed by atoms with Gasteiger partial charge in [0, 0.05) is 32.7 Å². The Labute approximate surface area is 97.1 Å². The van der Waals surface area contributed by atoms with Crippen LogP contribution in [-0.4, -0.2) is 0 Å². The van der Waals surface area contributed by atoms with E-state index in [1.165, 1.54) is 0 Å². The number of hydrogen-bond acceptors (Lipinski definition) is 0. The fraction of sp³-hybridized carbons (Fsp3) is 0.778. The summed E-state index contributed by atoms with van der Waals surface area (Å²) >= 11 is 0. The van der Waals surface area contributed by atoms with E-state index in [1.807, 2.05) is 0 Å². The first kappa shape index (κ1) is 118. The SMILES string of the molecule is C.C.C.C.C.[CH2-]C.[CH2-]C.[Y]. The molecule has 0 aromatic carbocycles. The van der Waals surface area contributed by atoms with Gasteiger partial charge in [0.2, 0.25) is 0 Å². The Balaban J connectivity index is -0.000000000833. The average Bonchev–Trinajstić information content (AvgIpc) is 1.50. The van der Waals surface area contributed by atoms with Crippen molar-refractivity contribution in [1.29, 1.82) is 0 Å². The second-order valence-electron chi connectivity index (χ2n) is 0. The van der Waals surface area contributed by atoms with Crippen molar-refractivity contribution in [3.8, 4) is 0 Å². The van der Waals surface area contributed by atoms with Crippen LogP contribution in [0.4, 0.5) is 0 Å². The summed E-state index contributed by atoms with van der Waals surface area (Å²) in [5.74, 6) is 0. The monoisotopic (exact) mass is 227 g/mol. The van der Waals surface area contributed by atoms with E-state index in [0.29, 0.717) is 0 Å². The Morgan fingerprint density at radius 2 is 0.500 bits per heavy atom. The molecule has 0 rings (SSSR count). The Morgan fingerprint density at radius 3 is 0.500 bits per heavy atom. The first-order chi connectivity index (χ1) is 2.00. The molecule has 0 nitrogen and oxygen atoms in total.